The molecule has 0 spiro atoms. The lowest BCUT2D eigenvalue weighted by atomic mass is 10.0. The topological polar surface area (TPSA) is 12.9 Å². The van der Waals surface area contributed by atoms with Crippen LogP contribution in [0.4, 0.5) is 0 Å². The maximum absolute atomic E-state index is 4.82. The van der Waals surface area contributed by atoms with Crippen LogP contribution >= 0.6 is 0 Å². The van der Waals surface area contributed by atoms with Crippen molar-refractivity contribution in [3.8, 4) is 0 Å². The molecule has 1 heteroatoms. The van der Waals surface area contributed by atoms with Gasteiger partial charge in [0.1, 0.15) is 0 Å². The van der Waals surface area contributed by atoms with Crippen LogP contribution in [0.3, 0.4) is 0 Å². The molecule has 0 aliphatic carbocycles. The van der Waals surface area contributed by atoms with E-state index < -0.39 is 0 Å². The summed E-state index contributed by atoms with van der Waals surface area (Å²) in [6, 6.07) is 22.1. The zero-order chi connectivity index (χ0) is 16.7. The molecular weight excluding hydrogens is 290 g/mol. The molecule has 1 nitrogen and oxygen atoms in total. The van der Waals surface area contributed by atoms with Gasteiger partial charge in [-0.2, -0.15) is 0 Å². The van der Waals surface area contributed by atoms with E-state index in [4.69, 9.17) is 4.98 Å². The van der Waals surface area contributed by atoms with Gasteiger partial charge < -0.3 is 0 Å². The average molecular weight is 311 g/mol. The first-order valence-corrected chi connectivity index (χ1v) is 8.45. The smallest absolute Gasteiger partial charge is 0.0457 e. The summed E-state index contributed by atoms with van der Waals surface area (Å²) < 4.78 is 0. The minimum absolute atomic E-state index is 0.870. The number of rotatable bonds is 2. The number of nitrogens with zero attached hydrogens (tertiary/aromatic N) is 1. The zero-order valence-corrected chi connectivity index (χ0v) is 14.4. The molecule has 0 aliphatic rings. The summed E-state index contributed by atoms with van der Waals surface area (Å²) in [5.41, 5.74) is 6.15. The lowest BCUT2D eigenvalue weighted by Gasteiger charge is -2.09. The van der Waals surface area contributed by atoms with Crippen LogP contribution in [-0.4, -0.2) is 4.98 Å². The van der Waals surface area contributed by atoms with Crippen LogP contribution in [0, 0.1) is 20.8 Å². The molecular formula is C23H21N. The molecule has 0 bridgehead atoms. The van der Waals surface area contributed by atoms with Gasteiger partial charge in [-0.15, -0.1) is 0 Å². The van der Waals surface area contributed by atoms with Crippen LogP contribution in [0.2, 0.25) is 0 Å². The number of pyridine rings is 1. The second-order valence-corrected chi connectivity index (χ2v) is 6.79. The first-order chi connectivity index (χ1) is 11.6. The Kier molecular flexibility index (Phi) is 3.57. The van der Waals surface area contributed by atoms with Gasteiger partial charge in [-0.3, -0.25) is 4.98 Å². The van der Waals surface area contributed by atoms with Crippen LogP contribution in [0.5, 0.6) is 0 Å². The summed E-state index contributed by atoms with van der Waals surface area (Å²) in [6.07, 6.45) is 0.870. The number of aryl methyl sites for hydroxylation is 3. The van der Waals surface area contributed by atoms with Gasteiger partial charge in [-0.25, -0.2) is 0 Å². The highest BCUT2D eigenvalue weighted by atomic mass is 14.7. The molecule has 0 aliphatic heterocycles. The van der Waals surface area contributed by atoms with Crippen molar-refractivity contribution in [3.05, 3.63) is 88.7 Å². The van der Waals surface area contributed by atoms with Crippen molar-refractivity contribution in [1.29, 1.82) is 0 Å². The fraction of sp³-hybridized carbons (Fsp3) is 0.174. The molecule has 0 N–H and O–H groups in total. The molecule has 24 heavy (non-hydrogen) atoms. The summed E-state index contributed by atoms with van der Waals surface area (Å²) >= 11 is 0. The van der Waals surface area contributed by atoms with Crippen molar-refractivity contribution in [2.24, 2.45) is 0 Å². The molecule has 0 amide bonds. The molecule has 4 rings (SSSR count). The summed E-state index contributed by atoms with van der Waals surface area (Å²) in [4.78, 5) is 4.82. The minimum Gasteiger partial charge on any atom is -0.257 e. The van der Waals surface area contributed by atoms with Crippen molar-refractivity contribution in [2.45, 2.75) is 27.2 Å². The molecule has 3 aromatic carbocycles. The normalized spacial score (nSPS) is 11.3. The van der Waals surface area contributed by atoms with E-state index in [1.165, 1.54) is 38.2 Å². The lowest BCUT2D eigenvalue weighted by molar-refractivity contribution is 1.05. The second kappa shape index (κ2) is 5.76. The fourth-order valence-corrected chi connectivity index (χ4v) is 3.44. The van der Waals surface area contributed by atoms with Crippen LogP contribution in [-0.2, 0) is 6.42 Å². The Bertz CT molecular complexity index is 1060. The maximum Gasteiger partial charge on any atom is 0.0457 e. The predicted octanol–water partition coefficient (Wildman–Crippen LogP) is 5.90. The van der Waals surface area contributed by atoms with E-state index >= 15 is 0 Å². The van der Waals surface area contributed by atoms with E-state index in [2.05, 4.69) is 81.4 Å². The zero-order valence-electron chi connectivity index (χ0n) is 14.4. The molecule has 0 radical (unpaired) electrons. The van der Waals surface area contributed by atoms with Gasteiger partial charge >= 0.3 is 0 Å². The van der Waals surface area contributed by atoms with E-state index in [1.54, 1.807) is 0 Å². The predicted molar refractivity (Wildman–Crippen MR) is 103 cm³/mol. The molecule has 0 atom stereocenters. The third-order valence-electron chi connectivity index (χ3n) is 4.68. The van der Waals surface area contributed by atoms with Crippen LogP contribution in [0.25, 0.3) is 21.5 Å². The van der Waals surface area contributed by atoms with E-state index in [-0.39, 0.29) is 0 Å². The highest BCUT2D eigenvalue weighted by molar-refractivity contribution is 5.86. The molecule has 1 heterocycles. The number of hydrogen-bond acceptors (Lipinski definition) is 1. The highest BCUT2D eigenvalue weighted by Crippen LogP contribution is 2.23. The second-order valence-electron chi connectivity index (χ2n) is 6.79. The number of fused-ring (bicyclic) bond motifs is 2. The Hall–Kier alpha value is -2.67. The van der Waals surface area contributed by atoms with Gasteiger partial charge in [0.15, 0.2) is 0 Å². The largest absolute Gasteiger partial charge is 0.257 e. The summed E-state index contributed by atoms with van der Waals surface area (Å²) in [5, 5.41) is 5.13. The number of hydrogen-bond donors (Lipinski definition) is 0. The maximum atomic E-state index is 4.82. The first kappa shape index (κ1) is 14.9. The van der Waals surface area contributed by atoms with E-state index in [0.717, 1.165) is 17.8 Å². The number of benzene rings is 3. The van der Waals surface area contributed by atoms with Gasteiger partial charge in [0, 0.05) is 23.2 Å². The van der Waals surface area contributed by atoms with Crippen molar-refractivity contribution in [1.82, 2.24) is 4.98 Å². The Labute approximate surface area is 143 Å². The Balaban J connectivity index is 1.74. The van der Waals surface area contributed by atoms with Crippen LogP contribution in [0.15, 0.2) is 60.7 Å². The van der Waals surface area contributed by atoms with E-state index in [1.807, 2.05) is 0 Å². The molecule has 0 fully saturated rings. The summed E-state index contributed by atoms with van der Waals surface area (Å²) in [6.45, 7) is 6.38. The Morgan fingerprint density at radius 3 is 2.17 bits per heavy atom. The first-order valence-electron chi connectivity index (χ1n) is 8.45. The fourth-order valence-electron chi connectivity index (χ4n) is 3.44. The summed E-state index contributed by atoms with van der Waals surface area (Å²) in [5.74, 6) is 0. The number of aromatic nitrogens is 1. The molecule has 1 aromatic heterocycles. The van der Waals surface area contributed by atoms with Crippen LogP contribution < -0.4 is 0 Å². The van der Waals surface area contributed by atoms with Crippen molar-refractivity contribution in [3.63, 3.8) is 0 Å². The van der Waals surface area contributed by atoms with Crippen LogP contribution in [0.1, 0.15) is 28.1 Å². The van der Waals surface area contributed by atoms with Gasteiger partial charge in [0.2, 0.25) is 0 Å². The highest BCUT2D eigenvalue weighted by Gasteiger charge is 2.05. The third-order valence-corrected chi connectivity index (χ3v) is 4.68. The van der Waals surface area contributed by atoms with Gasteiger partial charge in [0.05, 0.1) is 0 Å². The Morgan fingerprint density at radius 2 is 1.33 bits per heavy atom. The SMILES string of the molecule is Cc1ccc2cc(Cc3cc4cc(C)ccc4c(C)n3)ccc2c1. The molecule has 118 valence electrons. The van der Waals surface area contributed by atoms with E-state index in [0.29, 0.717) is 0 Å². The molecule has 0 unspecified atom stereocenters. The average Bonchev–Trinajstić information content (AvgIpc) is 2.54. The van der Waals surface area contributed by atoms with E-state index in [9.17, 15) is 0 Å². The molecule has 4 aromatic rings. The lowest BCUT2D eigenvalue weighted by Crippen LogP contribution is -1.96. The van der Waals surface area contributed by atoms with Gasteiger partial charge in [-0.05, 0) is 48.6 Å². The summed E-state index contributed by atoms with van der Waals surface area (Å²) in [7, 11) is 0. The molecule has 0 saturated heterocycles. The van der Waals surface area contributed by atoms with Crippen molar-refractivity contribution < 1.29 is 0 Å². The Morgan fingerprint density at radius 1 is 0.667 bits per heavy atom. The van der Waals surface area contributed by atoms with Crippen molar-refractivity contribution >= 4 is 21.5 Å². The van der Waals surface area contributed by atoms with Gasteiger partial charge in [-0.1, -0.05) is 65.7 Å². The molecule has 0 saturated carbocycles. The van der Waals surface area contributed by atoms with Crippen molar-refractivity contribution in [2.75, 3.05) is 0 Å². The quantitative estimate of drug-likeness (QED) is 0.449. The monoisotopic (exact) mass is 311 g/mol. The standard InChI is InChI=1S/C23H21N/c1-15-4-7-20-12-18(6-8-19(20)10-15)13-22-14-21-11-16(2)5-9-23(21)17(3)24-22/h4-12,14H,13H2,1-3H3. The van der Waals surface area contributed by atoms with Gasteiger partial charge in [0.25, 0.3) is 0 Å². The minimum atomic E-state index is 0.870. The third kappa shape index (κ3) is 2.78.